The van der Waals surface area contributed by atoms with Crippen molar-refractivity contribution in [3.05, 3.63) is 24.2 Å². The van der Waals surface area contributed by atoms with Gasteiger partial charge in [0, 0.05) is 39.6 Å². The second-order valence-corrected chi connectivity index (χ2v) is 4.60. The lowest BCUT2D eigenvalue weighted by molar-refractivity contribution is 0.217. The summed E-state index contributed by atoms with van der Waals surface area (Å²) < 4.78 is 5.28. The number of nitrogens with zero attached hydrogens (tertiary/aromatic N) is 1. The fourth-order valence-corrected chi connectivity index (χ4v) is 1.56. The van der Waals surface area contributed by atoms with Gasteiger partial charge in [0.25, 0.3) is 0 Å². The van der Waals surface area contributed by atoms with Crippen LogP contribution in [0.15, 0.2) is 22.8 Å². The van der Waals surface area contributed by atoms with Crippen LogP contribution in [-0.2, 0) is 6.42 Å². The molecule has 0 aromatic carbocycles. The minimum atomic E-state index is -0.0555. The Bertz CT molecular complexity index is 336. The Morgan fingerprint density at radius 3 is 2.83 bits per heavy atom. The molecule has 2 N–H and O–H groups in total. The second kappa shape index (κ2) is 7.76. The Balaban J connectivity index is 2.03. The summed E-state index contributed by atoms with van der Waals surface area (Å²) in [4.78, 5) is 12.8. The van der Waals surface area contributed by atoms with Gasteiger partial charge in [-0.25, -0.2) is 4.79 Å². The summed E-state index contributed by atoms with van der Waals surface area (Å²) in [5.41, 5.74) is 0. The van der Waals surface area contributed by atoms with Crippen LogP contribution in [0.5, 0.6) is 0 Å². The quantitative estimate of drug-likeness (QED) is 0.723. The molecule has 18 heavy (non-hydrogen) atoms. The molecule has 0 aliphatic carbocycles. The fourth-order valence-electron chi connectivity index (χ4n) is 1.56. The van der Waals surface area contributed by atoms with Crippen LogP contribution in [0.2, 0.25) is 0 Å². The molecule has 0 bridgehead atoms. The number of furan rings is 1. The van der Waals surface area contributed by atoms with Gasteiger partial charge in [0.2, 0.25) is 0 Å². The largest absolute Gasteiger partial charge is 0.469 e. The van der Waals surface area contributed by atoms with Crippen molar-refractivity contribution in [3.63, 3.8) is 0 Å². The van der Waals surface area contributed by atoms with Gasteiger partial charge in [-0.3, -0.25) is 0 Å². The zero-order valence-corrected chi connectivity index (χ0v) is 11.4. The van der Waals surface area contributed by atoms with Crippen molar-refractivity contribution in [2.45, 2.75) is 25.8 Å². The number of hydrogen-bond acceptors (Lipinski definition) is 3. The molecule has 1 aromatic rings. The lowest BCUT2D eigenvalue weighted by Gasteiger charge is -2.15. The van der Waals surface area contributed by atoms with Crippen LogP contribution in [0.3, 0.4) is 0 Å². The monoisotopic (exact) mass is 253 g/mol. The van der Waals surface area contributed by atoms with Crippen LogP contribution < -0.4 is 10.6 Å². The van der Waals surface area contributed by atoms with E-state index in [1.54, 1.807) is 20.4 Å². The minimum Gasteiger partial charge on any atom is -0.469 e. The van der Waals surface area contributed by atoms with Crippen LogP contribution >= 0.6 is 0 Å². The van der Waals surface area contributed by atoms with Crippen molar-refractivity contribution in [1.82, 2.24) is 15.5 Å². The van der Waals surface area contributed by atoms with Crippen LogP contribution in [0.25, 0.3) is 0 Å². The van der Waals surface area contributed by atoms with Crippen LogP contribution in [0.4, 0.5) is 4.79 Å². The SMILES string of the molecule is CC(CCc1ccco1)NCCNC(=O)N(C)C. The molecule has 0 spiro atoms. The molecule has 0 radical (unpaired) electrons. The standard InChI is InChI=1S/C13H23N3O2/c1-11(6-7-12-5-4-10-18-12)14-8-9-15-13(17)16(2)3/h4-5,10-11,14H,6-9H2,1-3H3,(H,15,17). The maximum absolute atomic E-state index is 11.2. The lowest BCUT2D eigenvalue weighted by atomic mass is 10.1. The van der Waals surface area contributed by atoms with E-state index in [2.05, 4.69) is 17.6 Å². The van der Waals surface area contributed by atoms with Crippen LogP contribution in [0, 0.1) is 0 Å². The normalized spacial score (nSPS) is 12.2. The van der Waals surface area contributed by atoms with E-state index >= 15 is 0 Å². The van der Waals surface area contributed by atoms with E-state index in [0.29, 0.717) is 12.6 Å². The summed E-state index contributed by atoms with van der Waals surface area (Å²) >= 11 is 0. The van der Waals surface area contributed by atoms with Gasteiger partial charge >= 0.3 is 6.03 Å². The highest BCUT2D eigenvalue weighted by Gasteiger charge is 2.04. The van der Waals surface area contributed by atoms with Gasteiger partial charge in [-0.1, -0.05) is 0 Å². The highest BCUT2D eigenvalue weighted by molar-refractivity contribution is 5.73. The summed E-state index contributed by atoms with van der Waals surface area (Å²) in [7, 11) is 3.46. The first-order chi connectivity index (χ1) is 8.59. The maximum Gasteiger partial charge on any atom is 0.316 e. The molecule has 0 aliphatic rings. The highest BCUT2D eigenvalue weighted by Crippen LogP contribution is 2.05. The van der Waals surface area contributed by atoms with E-state index in [1.807, 2.05) is 12.1 Å². The summed E-state index contributed by atoms with van der Waals surface area (Å²) in [6.45, 7) is 3.55. The summed E-state index contributed by atoms with van der Waals surface area (Å²) in [5.74, 6) is 1.02. The average Bonchev–Trinajstić information content (AvgIpc) is 2.84. The van der Waals surface area contributed by atoms with E-state index in [1.165, 1.54) is 4.90 Å². The van der Waals surface area contributed by atoms with E-state index < -0.39 is 0 Å². The maximum atomic E-state index is 11.2. The first-order valence-corrected chi connectivity index (χ1v) is 6.30. The average molecular weight is 253 g/mol. The molecule has 102 valence electrons. The van der Waals surface area contributed by atoms with Crippen LogP contribution in [-0.4, -0.2) is 44.2 Å². The Labute approximate surface area is 109 Å². The number of carbonyl (C=O) groups is 1. The summed E-state index contributed by atoms with van der Waals surface area (Å²) in [5, 5.41) is 6.18. The zero-order valence-electron chi connectivity index (χ0n) is 11.4. The number of aryl methyl sites for hydroxylation is 1. The molecule has 5 nitrogen and oxygen atoms in total. The second-order valence-electron chi connectivity index (χ2n) is 4.60. The summed E-state index contributed by atoms with van der Waals surface area (Å²) in [6.07, 6.45) is 3.66. The molecule has 1 atom stereocenters. The first-order valence-electron chi connectivity index (χ1n) is 6.30. The van der Waals surface area contributed by atoms with Gasteiger partial charge in [0.15, 0.2) is 0 Å². The van der Waals surface area contributed by atoms with E-state index in [4.69, 9.17) is 4.42 Å². The third kappa shape index (κ3) is 5.72. The molecule has 0 fully saturated rings. The van der Waals surface area contributed by atoms with E-state index in [-0.39, 0.29) is 6.03 Å². The number of hydrogen-bond donors (Lipinski definition) is 2. The van der Waals surface area contributed by atoms with Crippen molar-refractivity contribution in [1.29, 1.82) is 0 Å². The van der Waals surface area contributed by atoms with Crippen molar-refractivity contribution in [2.75, 3.05) is 27.2 Å². The number of carbonyl (C=O) groups excluding carboxylic acids is 1. The topological polar surface area (TPSA) is 57.5 Å². The third-order valence-electron chi connectivity index (χ3n) is 2.70. The Morgan fingerprint density at radius 1 is 1.44 bits per heavy atom. The van der Waals surface area contributed by atoms with E-state index in [0.717, 1.165) is 25.1 Å². The van der Waals surface area contributed by atoms with Gasteiger partial charge in [-0.05, 0) is 25.5 Å². The predicted octanol–water partition coefficient (Wildman–Crippen LogP) is 1.46. The number of rotatable bonds is 7. The molecule has 5 heteroatoms. The van der Waals surface area contributed by atoms with E-state index in [9.17, 15) is 4.79 Å². The molecule has 2 amide bonds. The molecule has 1 heterocycles. The smallest absolute Gasteiger partial charge is 0.316 e. The Hall–Kier alpha value is -1.49. The first kappa shape index (κ1) is 14.6. The highest BCUT2D eigenvalue weighted by atomic mass is 16.3. The molecule has 1 rings (SSSR count). The van der Waals surface area contributed by atoms with Gasteiger partial charge in [0.1, 0.15) is 5.76 Å². The predicted molar refractivity (Wildman–Crippen MR) is 71.6 cm³/mol. The molecule has 1 unspecified atom stereocenters. The number of nitrogens with one attached hydrogen (secondary N) is 2. The van der Waals surface area contributed by atoms with Crippen molar-refractivity contribution < 1.29 is 9.21 Å². The summed E-state index contributed by atoms with van der Waals surface area (Å²) in [6, 6.07) is 4.25. The molecule has 0 aliphatic heterocycles. The van der Waals surface area contributed by atoms with Crippen molar-refractivity contribution >= 4 is 6.03 Å². The third-order valence-corrected chi connectivity index (χ3v) is 2.70. The molecule has 1 aromatic heterocycles. The Kier molecular flexibility index (Phi) is 6.28. The Morgan fingerprint density at radius 2 is 2.22 bits per heavy atom. The van der Waals surface area contributed by atoms with Gasteiger partial charge in [0.05, 0.1) is 6.26 Å². The molecular weight excluding hydrogens is 230 g/mol. The van der Waals surface area contributed by atoms with Crippen molar-refractivity contribution in [2.24, 2.45) is 0 Å². The zero-order chi connectivity index (χ0) is 13.4. The lowest BCUT2D eigenvalue weighted by Crippen LogP contribution is -2.40. The van der Waals surface area contributed by atoms with Crippen LogP contribution in [0.1, 0.15) is 19.1 Å². The van der Waals surface area contributed by atoms with Gasteiger partial charge in [-0.15, -0.1) is 0 Å². The fraction of sp³-hybridized carbons (Fsp3) is 0.615. The molecular formula is C13H23N3O2. The molecule has 0 saturated carbocycles. The van der Waals surface area contributed by atoms with Gasteiger partial charge < -0.3 is 20.0 Å². The minimum absolute atomic E-state index is 0.0555. The van der Waals surface area contributed by atoms with Gasteiger partial charge in [-0.2, -0.15) is 0 Å². The number of amides is 2. The number of urea groups is 1. The molecule has 0 saturated heterocycles. The van der Waals surface area contributed by atoms with Crippen molar-refractivity contribution in [3.8, 4) is 0 Å².